The predicted molar refractivity (Wildman–Crippen MR) is 158 cm³/mol. The Balaban J connectivity index is -0.000000381. The Kier molecular flexibility index (Phi) is 23.4. The Morgan fingerprint density at radius 1 is 0.818 bits per heavy atom. The topological polar surface area (TPSA) is 0 Å². The first-order chi connectivity index (χ1) is 14.3. The van der Waals surface area contributed by atoms with Crippen molar-refractivity contribution in [2.45, 2.75) is 32.7 Å². The predicted octanol–water partition coefficient (Wildman–Crippen LogP) is 9.90. The normalized spacial score (nSPS) is 9.36. The van der Waals surface area contributed by atoms with Crippen LogP contribution in [-0.2, 0) is 19.2 Å². The number of halogens is 5. The summed E-state index contributed by atoms with van der Waals surface area (Å²) in [6.07, 6.45) is 1.80. The molecule has 182 valence electrons. The number of hydrogen-bond acceptors (Lipinski definition) is 0. The Hall–Kier alpha value is 0.258. The van der Waals surface area contributed by atoms with Crippen LogP contribution in [0.1, 0.15) is 24.0 Å². The monoisotopic (exact) mass is 610 g/mol. The Morgan fingerprint density at radius 3 is 1.45 bits per heavy atom. The van der Waals surface area contributed by atoms with Crippen molar-refractivity contribution in [2.24, 2.45) is 0 Å². The van der Waals surface area contributed by atoms with Gasteiger partial charge in [-0.15, -0.1) is 139 Å². The van der Waals surface area contributed by atoms with Crippen molar-refractivity contribution >= 4 is 93.2 Å². The fraction of sp³-hybridized carbons (Fsp3) is 0.200. The number of unbranched alkanes of at least 4 members (excludes halogenated alkanes) is 1. The van der Waals surface area contributed by atoms with E-state index in [4.69, 9.17) is 33.2 Å². The summed E-state index contributed by atoms with van der Waals surface area (Å²) in [4.78, 5) is 0. The van der Waals surface area contributed by atoms with Crippen molar-refractivity contribution in [3.05, 3.63) is 98.3 Å². The molecular formula is C25H31Cl5Si2Ti-4. The van der Waals surface area contributed by atoms with E-state index in [-0.39, 0.29) is 32.2 Å². The van der Waals surface area contributed by atoms with E-state index in [1.54, 1.807) is 19.2 Å². The SMILES string of the molecule is Cc1cc2ccccc2[cH-]1.Cc1cc2ccccc2[cH-]1.Cl.Cl.[CH2-]CCC[Si](Cl)(Cl)Cl.[CH3-].[Si]=[Ti]. The molecule has 0 N–H and O–H groups in total. The first-order valence-electron chi connectivity index (χ1n) is 9.63. The zero-order valence-corrected chi connectivity index (χ0v) is 26.7. The molecule has 0 aliphatic rings. The van der Waals surface area contributed by atoms with Gasteiger partial charge in [-0.25, -0.2) is 0 Å². The molecule has 4 aromatic carbocycles. The molecule has 0 amide bonds. The van der Waals surface area contributed by atoms with Crippen molar-refractivity contribution < 1.29 is 19.2 Å². The van der Waals surface area contributed by atoms with Gasteiger partial charge in [-0.1, -0.05) is 32.4 Å². The van der Waals surface area contributed by atoms with Gasteiger partial charge in [0.1, 0.15) is 0 Å². The number of benzene rings is 2. The van der Waals surface area contributed by atoms with Gasteiger partial charge in [0, 0.05) is 0 Å². The van der Waals surface area contributed by atoms with E-state index in [2.05, 4.69) is 101 Å². The van der Waals surface area contributed by atoms with E-state index in [1.807, 2.05) is 0 Å². The van der Waals surface area contributed by atoms with Crippen LogP contribution in [0.4, 0.5) is 0 Å². The Bertz CT molecular complexity index is 871. The summed E-state index contributed by atoms with van der Waals surface area (Å²) >= 11 is 18.5. The van der Waals surface area contributed by atoms with Crippen LogP contribution in [0.2, 0.25) is 6.04 Å². The van der Waals surface area contributed by atoms with E-state index in [0.717, 1.165) is 18.9 Å². The summed E-state index contributed by atoms with van der Waals surface area (Å²) in [5, 5.41) is 5.39. The molecule has 0 saturated heterocycles. The molecule has 0 heterocycles. The summed E-state index contributed by atoms with van der Waals surface area (Å²) in [6.45, 7) is 7.89. The van der Waals surface area contributed by atoms with Crippen LogP contribution in [0.15, 0.2) is 72.8 Å². The second-order valence-electron chi connectivity index (χ2n) is 6.90. The van der Waals surface area contributed by atoms with E-state index in [1.165, 1.54) is 32.7 Å². The molecule has 2 radical (unpaired) electrons. The molecule has 0 saturated carbocycles. The number of aryl methyl sites for hydroxylation is 2. The summed E-state index contributed by atoms with van der Waals surface area (Å²) in [7, 11) is 2.97. The van der Waals surface area contributed by atoms with Crippen molar-refractivity contribution in [3.63, 3.8) is 0 Å². The molecule has 0 aliphatic heterocycles. The average Bonchev–Trinajstić information content (AvgIpc) is 3.28. The van der Waals surface area contributed by atoms with Gasteiger partial charge >= 0.3 is 32.8 Å². The molecule has 4 rings (SSSR count). The fourth-order valence-corrected chi connectivity index (χ4v) is 4.79. The summed E-state index contributed by atoms with van der Waals surface area (Å²) in [6, 6.07) is 24.1. The average molecular weight is 613 g/mol. The Labute approximate surface area is 241 Å². The molecule has 0 aromatic heterocycles. The van der Waals surface area contributed by atoms with Crippen LogP contribution in [0, 0.1) is 28.2 Å². The van der Waals surface area contributed by atoms with E-state index >= 15 is 0 Å². The number of fused-ring (bicyclic) bond motifs is 2. The molecule has 4 aromatic rings. The molecule has 0 bridgehead atoms. The Morgan fingerprint density at radius 2 is 1.18 bits per heavy atom. The van der Waals surface area contributed by atoms with Crippen molar-refractivity contribution in [1.82, 2.24) is 0 Å². The van der Waals surface area contributed by atoms with Gasteiger partial charge in [-0.2, -0.15) is 18.6 Å². The first-order valence-corrected chi connectivity index (χ1v) is 17.7. The second kappa shape index (κ2) is 20.5. The summed E-state index contributed by atoms with van der Waals surface area (Å²) < 4.78 is 0. The van der Waals surface area contributed by atoms with Gasteiger partial charge in [0.2, 0.25) is 0 Å². The maximum atomic E-state index is 5.55. The van der Waals surface area contributed by atoms with Crippen molar-refractivity contribution in [1.29, 1.82) is 0 Å². The quantitative estimate of drug-likeness (QED) is 0.123. The van der Waals surface area contributed by atoms with Gasteiger partial charge in [-0.3, -0.25) is 0 Å². The third-order valence-electron chi connectivity index (χ3n) is 4.23. The number of rotatable bonds is 3. The molecule has 0 aliphatic carbocycles. The van der Waals surface area contributed by atoms with Crippen LogP contribution >= 0.6 is 58.1 Å². The van der Waals surface area contributed by atoms with Crippen LogP contribution in [0.5, 0.6) is 0 Å². The van der Waals surface area contributed by atoms with E-state index < -0.39 is 6.00 Å². The molecule has 0 nitrogen and oxygen atoms in total. The van der Waals surface area contributed by atoms with Crippen LogP contribution < -0.4 is 0 Å². The van der Waals surface area contributed by atoms with Crippen LogP contribution in [-0.4, -0.2) is 13.6 Å². The molecule has 0 fully saturated rings. The van der Waals surface area contributed by atoms with Crippen molar-refractivity contribution in [2.75, 3.05) is 0 Å². The van der Waals surface area contributed by atoms with Gasteiger partial charge in [0.05, 0.1) is 0 Å². The van der Waals surface area contributed by atoms with Crippen LogP contribution in [0.3, 0.4) is 0 Å². The minimum atomic E-state index is -2.30. The van der Waals surface area contributed by atoms with Crippen LogP contribution in [0.25, 0.3) is 21.5 Å². The molecule has 0 unspecified atom stereocenters. The third kappa shape index (κ3) is 15.8. The molecule has 0 atom stereocenters. The molecular weight excluding hydrogens is 582 g/mol. The van der Waals surface area contributed by atoms with Gasteiger partial charge < -0.3 is 14.4 Å². The minimum absolute atomic E-state index is 0. The van der Waals surface area contributed by atoms with Crippen molar-refractivity contribution in [3.8, 4) is 0 Å². The summed E-state index contributed by atoms with van der Waals surface area (Å²) in [5.74, 6) is 0. The zero-order valence-electron chi connectivity index (χ0n) is 19.2. The van der Waals surface area contributed by atoms with Gasteiger partial charge in [0.25, 0.3) is 0 Å². The first kappa shape index (κ1) is 37.8. The van der Waals surface area contributed by atoms with Gasteiger partial charge in [-0.05, 0) is 6.04 Å². The molecule has 33 heavy (non-hydrogen) atoms. The summed E-state index contributed by atoms with van der Waals surface area (Å²) in [5.41, 5.74) is 2.70. The van der Waals surface area contributed by atoms with E-state index in [0.29, 0.717) is 0 Å². The second-order valence-corrected chi connectivity index (χ2v) is 16.2. The molecule has 8 heteroatoms. The maximum absolute atomic E-state index is 5.55. The number of hydrogen-bond donors (Lipinski definition) is 0. The standard InChI is InChI=1S/2C10H9.C4H8Cl3Si.CH3.2ClH.Si.Ti/c2*1-8-6-9-4-2-3-5-10(9)7-8;1-2-3-4-8(5,6)7;;;;;/h2*2-7H,1H3;1-4H2;1H3;2*1H;;/q4*-1;;;;. The fourth-order valence-electron chi connectivity index (χ4n) is 2.94. The molecule has 0 spiro atoms. The zero-order chi connectivity index (χ0) is 22.6. The van der Waals surface area contributed by atoms with Gasteiger partial charge in [0.15, 0.2) is 0 Å². The van der Waals surface area contributed by atoms with E-state index in [9.17, 15) is 0 Å². The third-order valence-corrected chi connectivity index (χ3v) is 6.86.